The fraction of sp³-hybridized carbons (Fsp3) is 0.250. The summed E-state index contributed by atoms with van der Waals surface area (Å²) in [7, 11) is 3.53. The molecule has 106 valence electrons. The summed E-state index contributed by atoms with van der Waals surface area (Å²) in [4.78, 5) is 1.97. The molecule has 0 aliphatic rings. The molecular weight excluding hydrogens is 255 g/mol. The SMILES string of the molecule is COc1ccc(N(C)C(CN)c2ccccc2F)cc1. The second-order valence-corrected chi connectivity index (χ2v) is 4.58. The smallest absolute Gasteiger partial charge is 0.128 e. The topological polar surface area (TPSA) is 38.5 Å². The van der Waals surface area contributed by atoms with Gasteiger partial charge in [-0.15, -0.1) is 0 Å². The average Bonchev–Trinajstić information content (AvgIpc) is 2.50. The fourth-order valence-corrected chi connectivity index (χ4v) is 2.24. The zero-order valence-electron chi connectivity index (χ0n) is 11.7. The van der Waals surface area contributed by atoms with E-state index < -0.39 is 0 Å². The Morgan fingerprint density at radius 3 is 2.35 bits per heavy atom. The number of nitrogens with zero attached hydrogens (tertiary/aromatic N) is 1. The van der Waals surface area contributed by atoms with E-state index in [2.05, 4.69) is 0 Å². The maximum atomic E-state index is 13.9. The van der Waals surface area contributed by atoms with Crippen molar-refractivity contribution in [3.05, 3.63) is 59.9 Å². The highest BCUT2D eigenvalue weighted by Gasteiger charge is 2.19. The molecule has 0 amide bonds. The molecule has 2 rings (SSSR count). The van der Waals surface area contributed by atoms with Crippen LogP contribution >= 0.6 is 0 Å². The number of anilines is 1. The van der Waals surface area contributed by atoms with Crippen LogP contribution in [-0.4, -0.2) is 20.7 Å². The third kappa shape index (κ3) is 2.91. The normalized spacial score (nSPS) is 12.0. The van der Waals surface area contributed by atoms with Crippen LogP contribution in [0.5, 0.6) is 5.75 Å². The Kier molecular flexibility index (Phi) is 4.58. The van der Waals surface area contributed by atoms with Crippen molar-refractivity contribution in [2.45, 2.75) is 6.04 Å². The molecule has 0 saturated carbocycles. The van der Waals surface area contributed by atoms with Crippen molar-refractivity contribution < 1.29 is 9.13 Å². The minimum atomic E-state index is -0.233. The van der Waals surface area contributed by atoms with Crippen LogP contribution in [0.2, 0.25) is 0 Å². The summed E-state index contributed by atoms with van der Waals surface area (Å²) in [5, 5.41) is 0. The van der Waals surface area contributed by atoms with E-state index in [1.807, 2.05) is 42.3 Å². The van der Waals surface area contributed by atoms with Gasteiger partial charge in [-0.1, -0.05) is 18.2 Å². The number of rotatable bonds is 5. The molecular formula is C16H19FN2O. The molecule has 2 N–H and O–H groups in total. The zero-order valence-corrected chi connectivity index (χ0v) is 11.7. The van der Waals surface area contributed by atoms with Gasteiger partial charge in [-0.3, -0.25) is 0 Å². The molecule has 2 aromatic rings. The van der Waals surface area contributed by atoms with Crippen LogP contribution in [0.1, 0.15) is 11.6 Å². The number of likely N-dealkylation sites (N-methyl/N-ethyl adjacent to an activating group) is 1. The maximum absolute atomic E-state index is 13.9. The lowest BCUT2D eigenvalue weighted by Gasteiger charge is -2.29. The van der Waals surface area contributed by atoms with E-state index in [9.17, 15) is 4.39 Å². The van der Waals surface area contributed by atoms with Gasteiger partial charge in [-0.25, -0.2) is 4.39 Å². The molecule has 1 unspecified atom stereocenters. The Bertz CT molecular complexity index is 557. The quantitative estimate of drug-likeness (QED) is 0.911. The highest BCUT2D eigenvalue weighted by molar-refractivity contribution is 5.50. The fourth-order valence-electron chi connectivity index (χ4n) is 2.24. The summed E-state index contributed by atoms with van der Waals surface area (Å²) in [6.07, 6.45) is 0. The summed E-state index contributed by atoms with van der Waals surface area (Å²) in [6, 6.07) is 14.1. The summed E-state index contributed by atoms with van der Waals surface area (Å²) in [6.45, 7) is 0.337. The molecule has 1 atom stereocenters. The van der Waals surface area contributed by atoms with Crippen LogP contribution in [0.15, 0.2) is 48.5 Å². The van der Waals surface area contributed by atoms with Gasteiger partial charge in [0, 0.05) is 24.8 Å². The van der Waals surface area contributed by atoms with Gasteiger partial charge in [0.15, 0.2) is 0 Å². The third-order valence-corrected chi connectivity index (χ3v) is 3.43. The predicted molar refractivity (Wildman–Crippen MR) is 79.6 cm³/mol. The van der Waals surface area contributed by atoms with E-state index in [0.29, 0.717) is 12.1 Å². The molecule has 0 aromatic heterocycles. The first kappa shape index (κ1) is 14.3. The number of hydrogen-bond acceptors (Lipinski definition) is 3. The van der Waals surface area contributed by atoms with E-state index in [1.54, 1.807) is 19.2 Å². The minimum Gasteiger partial charge on any atom is -0.497 e. The van der Waals surface area contributed by atoms with Crippen molar-refractivity contribution in [2.24, 2.45) is 5.73 Å². The molecule has 0 aliphatic carbocycles. The molecule has 0 heterocycles. The minimum absolute atomic E-state index is 0.204. The van der Waals surface area contributed by atoms with E-state index in [-0.39, 0.29) is 11.9 Å². The van der Waals surface area contributed by atoms with Gasteiger partial charge >= 0.3 is 0 Å². The number of halogens is 1. The van der Waals surface area contributed by atoms with E-state index in [1.165, 1.54) is 6.07 Å². The van der Waals surface area contributed by atoms with E-state index >= 15 is 0 Å². The first-order chi connectivity index (χ1) is 9.67. The van der Waals surface area contributed by atoms with Crippen LogP contribution in [0, 0.1) is 5.82 Å². The Morgan fingerprint density at radius 1 is 1.15 bits per heavy atom. The van der Waals surface area contributed by atoms with Crippen LogP contribution in [0.3, 0.4) is 0 Å². The van der Waals surface area contributed by atoms with Crippen molar-refractivity contribution in [3.8, 4) is 5.75 Å². The lowest BCUT2D eigenvalue weighted by Crippen LogP contribution is -2.31. The average molecular weight is 274 g/mol. The third-order valence-electron chi connectivity index (χ3n) is 3.43. The van der Waals surface area contributed by atoms with Crippen LogP contribution in [0.4, 0.5) is 10.1 Å². The van der Waals surface area contributed by atoms with Crippen LogP contribution in [-0.2, 0) is 0 Å². The van der Waals surface area contributed by atoms with Gasteiger partial charge in [0.2, 0.25) is 0 Å². The standard InChI is InChI=1S/C16H19FN2O/c1-19(12-7-9-13(20-2)10-8-12)16(11-18)14-5-3-4-6-15(14)17/h3-10,16H,11,18H2,1-2H3. The molecule has 0 spiro atoms. The van der Waals surface area contributed by atoms with Crippen LogP contribution < -0.4 is 15.4 Å². The second-order valence-electron chi connectivity index (χ2n) is 4.58. The molecule has 4 heteroatoms. The molecule has 0 radical (unpaired) electrons. The van der Waals surface area contributed by atoms with Crippen molar-refractivity contribution in [1.29, 1.82) is 0 Å². The van der Waals surface area contributed by atoms with Crippen molar-refractivity contribution >= 4 is 5.69 Å². The monoisotopic (exact) mass is 274 g/mol. The van der Waals surface area contributed by atoms with Gasteiger partial charge in [0.1, 0.15) is 11.6 Å². The highest BCUT2D eigenvalue weighted by Crippen LogP contribution is 2.27. The number of hydrogen-bond donors (Lipinski definition) is 1. The lowest BCUT2D eigenvalue weighted by atomic mass is 10.0. The number of nitrogens with two attached hydrogens (primary N) is 1. The second kappa shape index (κ2) is 6.39. The number of benzene rings is 2. The van der Waals surface area contributed by atoms with Gasteiger partial charge in [-0.2, -0.15) is 0 Å². The largest absolute Gasteiger partial charge is 0.497 e. The molecule has 3 nitrogen and oxygen atoms in total. The number of methoxy groups -OCH3 is 1. The van der Waals surface area contributed by atoms with E-state index in [0.717, 1.165) is 11.4 Å². The molecule has 0 saturated heterocycles. The first-order valence-electron chi connectivity index (χ1n) is 6.48. The van der Waals surface area contributed by atoms with Crippen molar-refractivity contribution in [3.63, 3.8) is 0 Å². The summed E-state index contributed by atoms with van der Waals surface area (Å²) >= 11 is 0. The molecule has 2 aromatic carbocycles. The molecule has 0 aliphatic heterocycles. The van der Waals surface area contributed by atoms with Crippen LogP contribution in [0.25, 0.3) is 0 Å². The predicted octanol–water partition coefficient (Wildman–Crippen LogP) is 2.97. The number of ether oxygens (including phenoxy) is 1. The highest BCUT2D eigenvalue weighted by atomic mass is 19.1. The van der Waals surface area contributed by atoms with Gasteiger partial charge in [0.25, 0.3) is 0 Å². The zero-order chi connectivity index (χ0) is 14.5. The summed E-state index contributed by atoms with van der Waals surface area (Å²) in [5.74, 6) is 0.556. The summed E-state index contributed by atoms with van der Waals surface area (Å²) < 4.78 is 19.1. The molecule has 0 bridgehead atoms. The molecule has 20 heavy (non-hydrogen) atoms. The Morgan fingerprint density at radius 2 is 1.80 bits per heavy atom. The van der Waals surface area contributed by atoms with E-state index in [4.69, 9.17) is 10.5 Å². The van der Waals surface area contributed by atoms with Gasteiger partial charge < -0.3 is 15.4 Å². The first-order valence-corrected chi connectivity index (χ1v) is 6.48. The van der Waals surface area contributed by atoms with Crippen molar-refractivity contribution in [1.82, 2.24) is 0 Å². The van der Waals surface area contributed by atoms with Crippen molar-refractivity contribution in [2.75, 3.05) is 25.6 Å². The maximum Gasteiger partial charge on any atom is 0.128 e. The Balaban J connectivity index is 2.28. The molecule has 0 fully saturated rings. The Hall–Kier alpha value is -2.07. The van der Waals surface area contributed by atoms with Gasteiger partial charge in [-0.05, 0) is 30.3 Å². The summed E-state index contributed by atoms with van der Waals surface area (Å²) in [5.41, 5.74) is 7.40. The Labute approximate surface area is 118 Å². The van der Waals surface area contributed by atoms with Gasteiger partial charge in [0.05, 0.1) is 13.2 Å². The lowest BCUT2D eigenvalue weighted by molar-refractivity contribution is 0.415.